The number of methoxy groups -OCH3 is 3. The van der Waals surface area contributed by atoms with Crippen LogP contribution in [-0.4, -0.2) is 158 Å². The minimum absolute atomic E-state index is 0. The Hall–Kier alpha value is -11.5. The Kier molecular flexibility index (Phi) is 25.7. The van der Waals surface area contributed by atoms with Gasteiger partial charge in [0.05, 0.1) is 81.2 Å². The Morgan fingerprint density at radius 1 is 0.413 bits per heavy atom. The molecule has 4 bridgehead atoms. The zero-order valence-electron chi connectivity index (χ0n) is 70.2. The number of hydrogen-bond acceptors (Lipinski definition) is 15. The molecule has 5 amide bonds. The van der Waals surface area contributed by atoms with Crippen LogP contribution < -0.4 is 26.6 Å². The second kappa shape index (κ2) is 36.8. The molecular weight excluding hydrogens is 1520 g/mol. The summed E-state index contributed by atoms with van der Waals surface area (Å²) < 4.78 is 13.9. The molecule has 6 fully saturated rings. The van der Waals surface area contributed by atoms with Gasteiger partial charge in [-0.15, -0.1) is 0 Å². The highest BCUT2D eigenvalue weighted by molar-refractivity contribution is 6.04. The van der Waals surface area contributed by atoms with Crippen LogP contribution in [0.1, 0.15) is 232 Å². The molecule has 121 heavy (non-hydrogen) atoms. The molecule has 11 atom stereocenters. The molecule has 634 valence electrons. The van der Waals surface area contributed by atoms with E-state index in [0.717, 1.165) is 109 Å². The molecule has 8 heterocycles. The van der Waals surface area contributed by atoms with Crippen molar-refractivity contribution >= 4 is 47.3 Å². The molecule has 5 aliphatic heterocycles. The molecule has 24 nitrogen and oxygen atoms in total. The molecule has 0 spiro atoms. The topological polar surface area (TPSA) is 315 Å². The predicted molar refractivity (Wildman–Crippen MR) is 471 cm³/mol. The highest BCUT2D eigenvalue weighted by atomic mass is 16.5. The summed E-state index contributed by atoms with van der Waals surface area (Å²) >= 11 is 0. The van der Waals surface area contributed by atoms with Gasteiger partial charge >= 0.3 is 24.2 Å². The van der Waals surface area contributed by atoms with E-state index in [2.05, 4.69) is 178 Å². The van der Waals surface area contributed by atoms with Crippen molar-refractivity contribution in [3.05, 3.63) is 191 Å². The second-order valence-corrected chi connectivity index (χ2v) is 34.8. The number of alkyl carbamates (subject to hydrolysis) is 3. The van der Waals surface area contributed by atoms with E-state index in [-0.39, 0.29) is 49.1 Å². The number of likely N-dealkylation sites (tertiary alicyclic amines) is 2. The van der Waals surface area contributed by atoms with Crippen molar-refractivity contribution < 1.29 is 48.1 Å². The lowest BCUT2D eigenvalue weighted by Crippen LogP contribution is -2.53. The number of carboxylic acids is 1. The second-order valence-electron chi connectivity index (χ2n) is 34.8. The van der Waals surface area contributed by atoms with Gasteiger partial charge in [-0.05, 0) is 239 Å². The van der Waals surface area contributed by atoms with E-state index in [1.807, 2.05) is 62.3 Å². The number of benzene rings is 6. The third kappa shape index (κ3) is 17.6. The molecule has 3 aromatic heterocycles. The molecule has 9 aliphatic rings. The third-order valence-corrected chi connectivity index (χ3v) is 26.4. The number of nitrogens with one attached hydrogen (secondary N) is 8. The Balaban J connectivity index is 0.000000174. The van der Waals surface area contributed by atoms with Gasteiger partial charge in [-0.3, -0.25) is 14.6 Å². The fraction of sp³-hybridized carbons (Fsp3) is 0.443. The molecule has 24 heteroatoms. The summed E-state index contributed by atoms with van der Waals surface area (Å²) in [4.78, 5) is 106. The Morgan fingerprint density at radius 3 is 1.09 bits per heavy atom. The first-order chi connectivity index (χ1) is 58.2. The maximum Gasteiger partial charge on any atom is 0.407 e. The van der Waals surface area contributed by atoms with Gasteiger partial charge in [-0.1, -0.05) is 170 Å². The van der Waals surface area contributed by atoms with Crippen molar-refractivity contribution in [1.82, 2.24) is 66.3 Å². The third-order valence-electron chi connectivity index (χ3n) is 26.4. The number of imidazole rings is 3. The van der Waals surface area contributed by atoms with Gasteiger partial charge < -0.3 is 70.7 Å². The monoisotopic (exact) mass is 1640 g/mol. The number of ether oxygens (including phenoxy) is 3. The van der Waals surface area contributed by atoms with Crippen LogP contribution in [0.5, 0.6) is 0 Å². The van der Waals surface area contributed by atoms with E-state index in [0.29, 0.717) is 55.3 Å². The van der Waals surface area contributed by atoms with E-state index in [9.17, 15) is 28.8 Å². The minimum atomic E-state index is -1.06. The molecule has 0 radical (unpaired) electrons. The summed E-state index contributed by atoms with van der Waals surface area (Å²) in [6, 6.07) is 43.5. The number of hydrogen-bond donors (Lipinski definition) is 9. The number of amides is 5. The van der Waals surface area contributed by atoms with Crippen molar-refractivity contribution in [2.45, 2.75) is 211 Å². The number of aromatic nitrogens is 6. The number of carbonyl (C=O) groups excluding carboxylic acids is 5. The zero-order valence-corrected chi connectivity index (χ0v) is 70.2. The standard InChI is InChI=1S/C52H61N7O6.C37H38N6.C7H13NO4.CH4/c1-29(2)46(56-51(62)64-5)49(60)58-23-7-9-42(58)40-26-37(27-53-40)31-11-13-32(14-12-31)38-21-22-39(45-36-20-19-35(25-36)44(38)45)33-15-17-34(18-16-33)41-28-54-48(55-41)43-10-8-24-59(43)50(61)47(30(3)4)57-52(63)65-6;1-3-30(38-17-1)36-40-20-32(42-36)24-9-5-22(6-10-24)28-15-16-29(35-27-14-13-26(19-27)34(28)35)23-7-11-25(12-8-23)33-21-41-37(43-33)31-4-2-18-39-31;1-4(2)5(6(9)10)8-7(11)12-3;/h11-18,21-22,27-30,35-36,42-43,46-47H,7-10,19-20,23-26H2,1-6H3,(H,54,55)(H,56,62)(H,57,63);5-12,15-16,20-21,26-27,30-31,38-39H,1-4,13-14,17-19H2,(H,40,42)(H,41,43);4-5H,1-3H3,(H,8,11)(H,9,10);1H4. The van der Waals surface area contributed by atoms with Crippen molar-refractivity contribution in [1.29, 1.82) is 0 Å². The number of aliphatic imine (C=N–C) groups is 1. The first-order valence-corrected chi connectivity index (χ1v) is 43.2. The summed E-state index contributed by atoms with van der Waals surface area (Å²) in [5, 5.41) is 23.4. The largest absolute Gasteiger partial charge is 0.480 e. The van der Waals surface area contributed by atoms with E-state index < -0.39 is 42.4 Å². The van der Waals surface area contributed by atoms with Crippen LogP contribution in [0.4, 0.5) is 14.4 Å². The average molecular weight is 1640 g/mol. The minimum Gasteiger partial charge on any atom is -0.480 e. The molecule has 11 unspecified atom stereocenters. The molecular formula is C97H116N14O10. The lowest BCUT2D eigenvalue weighted by atomic mass is 9.81. The van der Waals surface area contributed by atoms with Crippen LogP contribution in [0.15, 0.2) is 151 Å². The molecule has 9 aromatic rings. The number of fused-ring (bicyclic) bond motifs is 10. The lowest BCUT2D eigenvalue weighted by Gasteiger charge is -2.31. The Morgan fingerprint density at radius 2 is 0.744 bits per heavy atom. The van der Waals surface area contributed by atoms with Crippen LogP contribution in [-0.2, 0) is 28.6 Å². The SMILES string of the molecule is C.COC(=O)NC(C(=O)N1CCCC1C1=NC=C(c2ccc(-c3ccc(-c4ccc(-c5cnc(C6CCCN6C(=O)C(NC(=O)OC)C(C)C)[nH]5)cc4)c4c3C3CCC4C3)cc2)C1)C(C)C.COC(=O)NC(C(=O)O)C(C)C.c1cc(-c2ccc(-c3ccc(-c4cnc(C5CCCN5)[nH]4)cc3)c3c2C2CCC3C2)ccc1-c1cnc(C2CCCN2)[nH]1. The van der Waals surface area contributed by atoms with Crippen molar-refractivity contribution in [2.24, 2.45) is 22.7 Å². The van der Waals surface area contributed by atoms with Crippen molar-refractivity contribution in [3.63, 3.8) is 0 Å². The average Bonchev–Trinajstić information content (AvgIpc) is 1.60. The van der Waals surface area contributed by atoms with Crippen LogP contribution in [0.3, 0.4) is 0 Å². The number of allylic oxidation sites excluding steroid dienone is 1. The summed E-state index contributed by atoms with van der Waals surface area (Å²) in [5.74, 6) is 3.73. The van der Waals surface area contributed by atoms with Crippen LogP contribution >= 0.6 is 0 Å². The first-order valence-electron chi connectivity index (χ1n) is 43.2. The Bertz CT molecular complexity index is 5170. The first kappa shape index (κ1) is 84.5. The van der Waals surface area contributed by atoms with Gasteiger partial charge in [0.2, 0.25) is 11.8 Å². The molecule has 6 aromatic carbocycles. The number of aliphatic carboxylic acids is 1. The maximum absolute atomic E-state index is 13.7. The quantitative estimate of drug-likeness (QED) is 0.0302. The van der Waals surface area contributed by atoms with E-state index in [1.165, 1.54) is 139 Å². The van der Waals surface area contributed by atoms with Gasteiger partial charge in [-0.2, -0.15) is 0 Å². The number of rotatable bonds is 21. The fourth-order valence-corrected chi connectivity index (χ4v) is 20.2. The number of carboxylic acid groups (broad SMARTS) is 1. The summed E-state index contributed by atoms with van der Waals surface area (Å²) in [6.07, 6.45) is 22.3. The normalized spacial score (nSPS) is 21.6. The fourth-order valence-electron chi connectivity index (χ4n) is 20.2. The molecule has 18 rings (SSSR count). The Labute approximate surface area is 709 Å². The van der Waals surface area contributed by atoms with E-state index >= 15 is 0 Å². The lowest BCUT2D eigenvalue weighted by molar-refractivity contribution is -0.140. The molecule has 4 aliphatic carbocycles. The van der Waals surface area contributed by atoms with E-state index in [4.69, 9.17) is 24.6 Å². The van der Waals surface area contributed by atoms with E-state index in [1.54, 1.807) is 25.0 Å². The van der Waals surface area contributed by atoms with Gasteiger partial charge in [0.1, 0.15) is 35.6 Å². The number of aromatic amines is 3. The van der Waals surface area contributed by atoms with Crippen LogP contribution in [0.25, 0.3) is 83.9 Å². The maximum atomic E-state index is 13.7. The zero-order chi connectivity index (χ0) is 83.6. The van der Waals surface area contributed by atoms with Gasteiger partial charge in [0.15, 0.2) is 0 Å². The van der Waals surface area contributed by atoms with Gasteiger partial charge in [0, 0.05) is 31.4 Å². The van der Waals surface area contributed by atoms with Crippen LogP contribution in [0, 0.1) is 17.8 Å². The molecule has 4 saturated heterocycles. The van der Waals surface area contributed by atoms with Crippen molar-refractivity contribution in [2.75, 3.05) is 47.5 Å². The van der Waals surface area contributed by atoms with Gasteiger partial charge in [-0.25, -0.2) is 34.1 Å². The predicted octanol–water partition coefficient (Wildman–Crippen LogP) is 18.5. The van der Waals surface area contributed by atoms with Crippen molar-refractivity contribution in [3.8, 4) is 78.3 Å². The summed E-state index contributed by atoms with van der Waals surface area (Å²) in [7, 11) is 3.81. The molecule has 2 saturated carbocycles. The molecule has 9 N–H and O–H groups in total. The number of H-pyrrole nitrogens is 3. The highest BCUT2D eigenvalue weighted by Gasteiger charge is 2.44. The van der Waals surface area contributed by atoms with Crippen LogP contribution in [0.2, 0.25) is 0 Å². The number of carbonyl (C=O) groups is 6. The smallest absolute Gasteiger partial charge is 0.407 e. The number of nitrogens with zero attached hydrogens (tertiary/aromatic N) is 6. The summed E-state index contributed by atoms with van der Waals surface area (Å²) in [6.45, 7) is 14.5. The summed E-state index contributed by atoms with van der Waals surface area (Å²) in [5.41, 5.74) is 26.5. The van der Waals surface area contributed by atoms with Gasteiger partial charge in [0.25, 0.3) is 0 Å². The highest BCUT2D eigenvalue weighted by Crippen LogP contribution is 2.60.